The second-order valence-corrected chi connectivity index (χ2v) is 3.76. The highest BCUT2D eigenvalue weighted by molar-refractivity contribution is 5.90. The third-order valence-electron chi connectivity index (χ3n) is 2.13. The number of anilines is 1. The summed E-state index contributed by atoms with van der Waals surface area (Å²) in [6, 6.07) is 6.74. The molecule has 0 aliphatic carbocycles. The third-order valence-corrected chi connectivity index (χ3v) is 2.13. The Bertz CT molecular complexity index is 369. The number of amides is 2. The fourth-order valence-electron chi connectivity index (χ4n) is 1.41. The van der Waals surface area contributed by atoms with Crippen LogP contribution in [0.4, 0.5) is 10.5 Å². The number of nitrogens with zero attached hydrogens (tertiary/aromatic N) is 1. The minimum atomic E-state index is -0.483. The average molecular weight is 222 g/mol. The Labute approximate surface area is 97.5 Å². The van der Waals surface area contributed by atoms with Crippen molar-refractivity contribution in [1.82, 2.24) is 0 Å². The molecule has 0 fully saturated rings. The molecule has 0 aliphatic rings. The molecule has 0 aliphatic heterocycles. The normalized spacial score (nSPS) is 10.2. The molecule has 0 saturated carbocycles. The topological polar surface area (TPSA) is 55.6 Å². The van der Waals surface area contributed by atoms with Gasteiger partial charge in [0.05, 0.1) is 7.11 Å². The summed E-state index contributed by atoms with van der Waals surface area (Å²) in [7, 11) is 1.58. The number of methoxy groups -OCH3 is 1. The lowest BCUT2D eigenvalue weighted by Gasteiger charge is -2.22. The molecule has 1 aromatic rings. The molecule has 87 valence electrons. The van der Waals surface area contributed by atoms with E-state index in [2.05, 4.69) is 6.92 Å². The van der Waals surface area contributed by atoms with E-state index in [-0.39, 0.29) is 7.34 Å². The molecular formula is C12H18N2O2+. The minimum absolute atomic E-state index is 0. The van der Waals surface area contributed by atoms with Crippen molar-refractivity contribution in [2.75, 3.05) is 18.6 Å². The van der Waals surface area contributed by atoms with Gasteiger partial charge >= 0.3 is 7.46 Å². The zero-order valence-electron chi connectivity index (χ0n) is 10.6. The second-order valence-electron chi connectivity index (χ2n) is 3.76. The van der Waals surface area contributed by atoms with Crippen molar-refractivity contribution in [3.8, 4) is 5.75 Å². The van der Waals surface area contributed by atoms with Gasteiger partial charge in [-0.2, -0.15) is 0 Å². The van der Waals surface area contributed by atoms with Crippen LogP contribution >= 0.6 is 0 Å². The van der Waals surface area contributed by atoms with Crippen LogP contribution < -0.4 is 15.4 Å². The van der Waals surface area contributed by atoms with Crippen molar-refractivity contribution in [3.63, 3.8) is 0 Å². The maximum absolute atomic E-state index is 11.3. The van der Waals surface area contributed by atoms with Gasteiger partial charge in [0, 0.05) is 18.3 Å². The van der Waals surface area contributed by atoms with Gasteiger partial charge in [-0.05, 0) is 25.0 Å². The van der Waals surface area contributed by atoms with Crippen molar-refractivity contribution >= 4 is 11.7 Å². The molecule has 1 atom stereocenters. The lowest BCUT2D eigenvalue weighted by Crippen LogP contribution is -2.38. The van der Waals surface area contributed by atoms with E-state index in [0.29, 0.717) is 12.3 Å². The summed E-state index contributed by atoms with van der Waals surface area (Å²) in [5.41, 5.74) is 6.05. The van der Waals surface area contributed by atoms with Gasteiger partial charge in [-0.15, -0.1) is 0 Å². The van der Waals surface area contributed by atoms with E-state index in [1.54, 1.807) is 13.2 Å². The Balaban J connectivity index is 0.00000256. The Morgan fingerprint density at radius 1 is 1.69 bits per heavy atom. The molecule has 1 unspecified atom stereocenters. The van der Waals surface area contributed by atoms with Crippen molar-refractivity contribution in [2.24, 2.45) is 11.7 Å². The molecule has 1 radical (unpaired) electrons. The second kappa shape index (κ2) is 5.39. The molecule has 2 amide bonds. The molecule has 0 bridgehead atoms. The van der Waals surface area contributed by atoms with Crippen molar-refractivity contribution in [3.05, 3.63) is 31.2 Å². The fraction of sp³-hybridized carbons (Fsp3) is 0.333. The van der Waals surface area contributed by atoms with Crippen LogP contribution in [-0.4, -0.2) is 19.7 Å². The minimum Gasteiger partial charge on any atom is -0.497 e. The zero-order chi connectivity index (χ0) is 12.1. The summed E-state index contributed by atoms with van der Waals surface area (Å²) in [5.74, 6) is 0.805. The number of carbonyl (C=O) groups excluding carboxylic acids is 1. The predicted molar refractivity (Wildman–Crippen MR) is 65.6 cm³/mol. The van der Waals surface area contributed by atoms with Gasteiger partial charge in [0.1, 0.15) is 5.75 Å². The van der Waals surface area contributed by atoms with E-state index in [9.17, 15) is 4.79 Å². The molecule has 16 heavy (non-hydrogen) atoms. The van der Waals surface area contributed by atoms with Gasteiger partial charge in [-0.25, -0.2) is 4.79 Å². The lowest BCUT2D eigenvalue weighted by atomic mass is 10.2. The van der Waals surface area contributed by atoms with Gasteiger partial charge in [0.25, 0.3) is 0 Å². The van der Waals surface area contributed by atoms with Gasteiger partial charge in [-0.3, -0.25) is 4.90 Å². The molecule has 4 nitrogen and oxygen atoms in total. The standard InChI is InChI=1S/C12H17N2O2/c1-9(2)8-14(12(13)15)10-5-4-6-11(7-10)16-3/h4-7,9H,1,8H2,2-3H3,(H2,13,15)/p+1. The third kappa shape index (κ3) is 3.15. The molecule has 2 N–H and O–H groups in total. The van der Waals surface area contributed by atoms with E-state index < -0.39 is 6.03 Å². The number of hydrogen-bond donors (Lipinski definition) is 1. The van der Waals surface area contributed by atoms with Crippen LogP contribution in [0.1, 0.15) is 8.35 Å². The van der Waals surface area contributed by atoms with Crippen molar-refractivity contribution in [2.45, 2.75) is 6.92 Å². The first-order valence-electron chi connectivity index (χ1n) is 5.08. The van der Waals surface area contributed by atoms with E-state index in [4.69, 9.17) is 10.5 Å². The van der Waals surface area contributed by atoms with Crippen LogP contribution in [0, 0.1) is 12.8 Å². The Hall–Kier alpha value is -1.71. The predicted octanol–water partition coefficient (Wildman–Crippen LogP) is 2.16. The highest BCUT2D eigenvalue weighted by Crippen LogP contribution is 2.21. The summed E-state index contributed by atoms with van der Waals surface area (Å²) >= 11 is 0. The molecular weight excluding hydrogens is 204 g/mol. The largest absolute Gasteiger partial charge is 1.00 e. The molecule has 0 aromatic heterocycles. The lowest BCUT2D eigenvalue weighted by molar-refractivity contribution is 0.253. The first-order valence-corrected chi connectivity index (χ1v) is 5.08. The summed E-state index contributed by atoms with van der Waals surface area (Å²) in [5, 5.41) is 0. The maximum atomic E-state index is 11.3. The number of ether oxygens (including phenoxy) is 1. The highest BCUT2D eigenvalue weighted by atomic mass is 16.5. The SMILES string of the molecule is [CH2]C(C)CN(C(N)=O)c1cccc(OC)c1.[H+]. The Morgan fingerprint density at radius 2 is 2.38 bits per heavy atom. The number of benzene rings is 1. The first-order chi connectivity index (χ1) is 7.54. The highest BCUT2D eigenvalue weighted by Gasteiger charge is 2.14. The van der Waals surface area contributed by atoms with Gasteiger partial charge in [-0.1, -0.05) is 13.0 Å². The zero-order valence-corrected chi connectivity index (χ0v) is 9.64. The van der Waals surface area contributed by atoms with Crippen LogP contribution in [0.3, 0.4) is 0 Å². The summed E-state index contributed by atoms with van der Waals surface area (Å²) in [6.07, 6.45) is 0. The van der Waals surface area contributed by atoms with Crippen molar-refractivity contribution in [1.29, 1.82) is 0 Å². The number of urea groups is 1. The Morgan fingerprint density at radius 3 is 2.88 bits per heavy atom. The van der Waals surface area contributed by atoms with Gasteiger partial charge in [0.15, 0.2) is 0 Å². The average Bonchev–Trinajstić information content (AvgIpc) is 2.25. The van der Waals surface area contributed by atoms with Gasteiger partial charge in [0.2, 0.25) is 0 Å². The van der Waals surface area contributed by atoms with Crippen molar-refractivity contribution < 1.29 is 11.0 Å². The first kappa shape index (κ1) is 12.4. The molecule has 1 aromatic carbocycles. The Kier molecular flexibility index (Phi) is 4.17. The van der Waals surface area contributed by atoms with E-state index >= 15 is 0 Å². The number of carbonyl (C=O) groups is 1. The quantitative estimate of drug-likeness (QED) is 0.848. The number of primary amides is 1. The van der Waals surface area contributed by atoms with Crippen LogP contribution in [0.15, 0.2) is 24.3 Å². The maximum Gasteiger partial charge on any atom is 1.00 e. The van der Waals surface area contributed by atoms with E-state index in [1.165, 1.54) is 4.90 Å². The number of hydrogen-bond acceptors (Lipinski definition) is 2. The van der Waals surface area contributed by atoms with Crippen LogP contribution in [0.5, 0.6) is 5.75 Å². The summed E-state index contributed by atoms with van der Waals surface area (Å²) < 4.78 is 5.10. The molecule has 0 heterocycles. The van der Waals surface area contributed by atoms with Crippen LogP contribution in [0.25, 0.3) is 0 Å². The summed E-state index contributed by atoms with van der Waals surface area (Å²) in [6.45, 7) is 6.26. The molecule has 4 heteroatoms. The number of rotatable bonds is 4. The van der Waals surface area contributed by atoms with Gasteiger partial charge < -0.3 is 10.5 Å². The monoisotopic (exact) mass is 222 g/mol. The summed E-state index contributed by atoms with van der Waals surface area (Å²) in [4.78, 5) is 12.8. The van der Waals surface area contributed by atoms with Crippen LogP contribution in [-0.2, 0) is 0 Å². The van der Waals surface area contributed by atoms with E-state index in [0.717, 1.165) is 5.69 Å². The number of nitrogens with two attached hydrogens (primary N) is 1. The van der Waals surface area contributed by atoms with E-state index in [1.807, 2.05) is 25.1 Å². The van der Waals surface area contributed by atoms with Crippen LogP contribution in [0.2, 0.25) is 0 Å². The molecule has 1 rings (SSSR count). The molecule has 0 spiro atoms. The fourth-order valence-corrected chi connectivity index (χ4v) is 1.41. The smallest absolute Gasteiger partial charge is 0.497 e. The molecule has 0 saturated heterocycles.